The van der Waals surface area contributed by atoms with E-state index in [0.29, 0.717) is 5.82 Å². The summed E-state index contributed by atoms with van der Waals surface area (Å²) in [4.78, 5) is 8.57. The zero-order valence-corrected chi connectivity index (χ0v) is 9.87. The van der Waals surface area contributed by atoms with E-state index < -0.39 is 0 Å². The van der Waals surface area contributed by atoms with Gasteiger partial charge in [-0.2, -0.15) is 0 Å². The van der Waals surface area contributed by atoms with Gasteiger partial charge in [0.05, 0.1) is 0 Å². The maximum atomic E-state index is 5.73. The van der Waals surface area contributed by atoms with Gasteiger partial charge >= 0.3 is 0 Å². The Labute approximate surface area is 96.7 Å². The molecular formula is C12H20N4. The molecule has 4 nitrogen and oxygen atoms in total. The van der Waals surface area contributed by atoms with E-state index in [-0.39, 0.29) is 0 Å². The Morgan fingerprint density at radius 3 is 2.81 bits per heavy atom. The average molecular weight is 220 g/mol. The minimum Gasteiger partial charge on any atom is -0.384 e. The van der Waals surface area contributed by atoms with Crippen LogP contribution in [0.5, 0.6) is 0 Å². The maximum Gasteiger partial charge on any atom is 0.132 e. The lowest BCUT2D eigenvalue weighted by Gasteiger charge is -2.11. The molecule has 0 amide bonds. The number of aryl methyl sites for hydroxylation is 1. The Balaban J connectivity index is 1.94. The SMILES string of the molecule is CCc1nc(N)cc(NCC2CCCC2)n1. The third-order valence-corrected chi connectivity index (χ3v) is 3.16. The number of hydrogen-bond donors (Lipinski definition) is 2. The topological polar surface area (TPSA) is 63.8 Å². The van der Waals surface area contributed by atoms with Crippen molar-refractivity contribution in [2.24, 2.45) is 5.92 Å². The molecule has 0 aromatic carbocycles. The second-order valence-electron chi connectivity index (χ2n) is 4.48. The highest BCUT2D eigenvalue weighted by molar-refractivity contribution is 5.44. The number of nitrogens with two attached hydrogens (primary N) is 1. The van der Waals surface area contributed by atoms with Gasteiger partial charge in [0.15, 0.2) is 0 Å². The predicted octanol–water partition coefficient (Wildman–Crippen LogP) is 2.22. The molecule has 0 atom stereocenters. The number of nitrogens with zero attached hydrogens (tertiary/aromatic N) is 2. The van der Waals surface area contributed by atoms with E-state index in [2.05, 4.69) is 15.3 Å². The number of aromatic nitrogens is 2. The minimum absolute atomic E-state index is 0.556. The highest BCUT2D eigenvalue weighted by Crippen LogP contribution is 2.24. The molecule has 1 heterocycles. The molecule has 0 spiro atoms. The summed E-state index contributed by atoms with van der Waals surface area (Å²) in [5.74, 6) is 3.05. The third kappa shape index (κ3) is 2.84. The first-order valence-electron chi connectivity index (χ1n) is 6.15. The monoisotopic (exact) mass is 220 g/mol. The van der Waals surface area contributed by atoms with Gasteiger partial charge in [0.25, 0.3) is 0 Å². The van der Waals surface area contributed by atoms with E-state index in [4.69, 9.17) is 5.73 Å². The Kier molecular flexibility index (Phi) is 3.59. The lowest BCUT2D eigenvalue weighted by molar-refractivity contribution is 0.578. The van der Waals surface area contributed by atoms with Crippen LogP contribution in [-0.4, -0.2) is 16.5 Å². The standard InChI is InChI=1S/C12H20N4/c1-2-11-15-10(13)7-12(16-11)14-8-9-5-3-4-6-9/h7,9H,2-6,8H2,1H3,(H3,13,14,15,16). The highest BCUT2D eigenvalue weighted by Gasteiger charge is 2.14. The zero-order valence-electron chi connectivity index (χ0n) is 9.87. The molecule has 0 aliphatic heterocycles. The van der Waals surface area contributed by atoms with E-state index in [0.717, 1.165) is 30.5 Å². The van der Waals surface area contributed by atoms with Crippen LogP contribution in [0.25, 0.3) is 0 Å². The molecule has 1 aliphatic carbocycles. The van der Waals surface area contributed by atoms with Crippen LogP contribution in [0.4, 0.5) is 11.6 Å². The first-order valence-corrected chi connectivity index (χ1v) is 6.15. The Hall–Kier alpha value is -1.32. The van der Waals surface area contributed by atoms with Gasteiger partial charge in [-0.3, -0.25) is 0 Å². The van der Waals surface area contributed by atoms with E-state index in [1.807, 2.05) is 13.0 Å². The van der Waals surface area contributed by atoms with Crippen LogP contribution in [0.3, 0.4) is 0 Å². The Morgan fingerprint density at radius 1 is 1.38 bits per heavy atom. The van der Waals surface area contributed by atoms with Crippen LogP contribution in [0.15, 0.2) is 6.07 Å². The van der Waals surface area contributed by atoms with E-state index in [9.17, 15) is 0 Å². The summed E-state index contributed by atoms with van der Waals surface area (Å²) in [6.45, 7) is 3.05. The molecule has 1 saturated carbocycles. The van der Waals surface area contributed by atoms with Crippen molar-refractivity contribution in [1.29, 1.82) is 0 Å². The van der Waals surface area contributed by atoms with Gasteiger partial charge in [-0.1, -0.05) is 19.8 Å². The van der Waals surface area contributed by atoms with Crippen LogP contribution in [0, 0.1) is 5.92 Å². The fourth-order valence-electron chi connectivity index (χ4n) is 2.23. The molecule has 1 aromatic heterocycles. The zero-order chi connectivity index (χ0) is 11.4. The second kappa shape index (κ2) is 5.14. The highest BCUT2D eigenvalue weighted by atomic mass is 15.0. The maximum absolute atomic E-state index is 5.73. The van der Waals surface area contributed by atoms with Crippen molar-refractivity contribution < 1.29 is 0 Å². The summed E-state index contributed by atoms with van der Waals surface area (Å²) in [6, 6.07) is 1.81. The smallest absolute Gasteiger partial charge is 0.132 e. The predicted molar refractivity (Wildman–Crippen MR) is 66.3 cm³/mol. The lowest BCUT2D eigenvalue weighted by Crippen LogP contribution is -2.13. The number of nitrogens with one attached hydrogen (secondary N) is 1. The molecule has 0 radical (unpaired) electrons. The van der Waals surface area contributed by atoms with Crippen LogP contribution >= 0.6 is 0 Å². The molecule has 1 fully saturated rings. The molecule has 1 aromatic rings. The van der Waals surface area contributed by atoms with Crippen molar-refractivity contribution in [3.63, 3.8) is 0 Å². The van der Waals surface area contributed by atoms with Crippen molar-refractivity contribution in [2.45, 2.75) is 39.0 Å². The lowest BCUT2D eigenvalue weighted by atomic mass is 10.1. The number of rotatable bonds is 4. The van der Waals surface area contributed by atoms with Crippen molar-refractivity contribution in [2.75, 3.05) is 17.6 Å². The van der Waals surface area contributed by atoms with E-state index >= 15 is 0 Å². The van der Waals surface area contributed by atoms with Crippen LogP contribution < -0.4 is 11.1 Å². The summed E-state index contributed by atoms with van der Waals surface area (Å²) >= 11 is 0. The largest absolute Gasteiger partial charge is 0.384 e. The molecule has 2 rings (SSSR count). The van der Waals surface area contributed by atoms with Gasteiger partial charge in [0, 0.05) is 19.0 Å². The van der Waals surface area contributed by atoms with Crippen molar-refractivity contribution in [3.8, 4) is 0 Å². The average Bonchev–Trinajstić information content (AvgIpc) is 2.78. The van der Waals surface area contributed by atoms with Crippen LogP contribution in [0.2, 0.25) is 0 Å². The molecule has 3 N–H and O–H groups in total. The minimum atomic E-state index is 0.556. The Morgan fingerprint density at radius 2 is 2.12 bits per heavy atom. The molecule has 0 unspecified atom stereocenters. The van der Waals surface area contributed by atoms with Crippen molar-refractivity contribution >= 4 is 11.6 Å². The summed E-state index contributed by atoms with van der Waals surface area (Å²) in [7, 11) is 0. The molecule has 0 saturated heterocycles. The fourth-order valence-corrected chi connectivity index (χ4v) is 2.23. The first-order chi connectivity index (χ1) is 7.78. The molecule has 88 valence electrons. The van der Waals surface area contributed by atoms with Gasteiger partial charge in [-0.05, 0) is 18.8 Å². The molecule has 0 bridgehead atoms. The van der Waals surface area contributed by atoms with E-state index in [1.54, 1.807) is 0 Å². The van der Waals surface area contributed by atoms with Gasteiger partial charge < -0.3 is 11.1 Å². The van der Waals surface area contributed by atoms with Gasteiger partial charge in [0.2, 0.25) is 0 Å². The summed E-state index contributed by atoms with van der Waals surface area (Å²) in [5.41, 5.74) is 5.73. The molecule has 16 heavy (non-hydrogen) atoms. The summed E-state index contributed by atoms with van der Waals surface area (Å²) in [5, 5.41) is 3.37. The molecule has 1 aliphatic rings. The van der Waals surface area contributed by atoms with Crippen molar-refractivity contribution in [3.05, 3.63) is 11.9 Å². The molecule has 4 heteroatoms. The van der Waals surface area contributed by atoms with E-state index in [1.165, 1.54) is 25.7 Å². The van der Waals surface area contributed by atoms with Crippen LogP contribution in [-0.2, 0) is 6.42 Å². The first kappa shape index (κ1) is 11.2. The number of anilines is 2. The summed E-state index contributed by atoms with van der Waals surface area (Å²) in [6.07, 6.45) is 6.25. The Bertz CT molecular complexity index is 345. The van der Waals surface area contributed by atoms with Crippen LogP contribution in [0.1, 0.15) is 38.4 Å². The fraction of sp³-hybridized carbons (Fsp3) is 0.667. The quantitative estimate of drug-likeness (QED) is 0.816. The normalized spacial score (nSPS) is 16.6. The summed E-state index contributed by atoms with van der Waals surface area (Å²) < 4.78 is 0. The number of nitrogen functional groups attached to an aromatic ring is 1. The van der Waals surface area contributed by atoms with Crippen molar-refractivity contribution in [1.82, 2.24) is 9.97 Å². The molecular weight excluding hydrogens is 200 g/mol. The van der Waals surface area contributed by atoms with Gasteiger partial charge in [0.1, 0.15) is 17.5 Å². The third-order valence-electron chi connectivity index (χ3n) is 3.16. The second-order valence-corrected chi connectivity index (χ2v) is 4.48. The van der Waals surface area contributed by atoms with Gasteiger partial charge in [-0.25, -0.2) is 9.97 Å². The van der Waals surface area contributed by atoms with Gasteiger partial charge in [-0.15, -0.1) is 0 Å². The number of hydrogen-bond acceptors (Lipinski definition) is 4.